The van der Waals surface area contributed by atoms with Crippen LogP contribution in [-0.2, 0) is 4.79 Å². The van der Waals surface area contributed by atoms with Gasteiger partial charge in [-0.05, 0) is 43.7 Å². The number of halogens is 2. The van der Waals surface area contributed by atoms with Crippen LogP contribution in [0.15, 0.2) is 36.4 Å². The van der Waals surface area contributed by atoms with Crippen LogP contribution in [0, 0.1) is 0 Å². The van der Waals surface area contributed by atoms with Gasteiger partial charge in [0, 0.05) is 23.3 Å². The highest BCUT2D eigenvalue weighted by Gasteiger charge is 2.20. The topological polar surface area (TPSA) is 67.9 Å². The number of hydrogen-bond acceptors (Lipinski definition) is 4. The van der Waals surface area contributed by atoms with Gasteiger partial charge >= 0.3 is 0 Å². The van der Waals surface area contributed by atoms with Crippen LogP contribution in [0.4, 0.5) is 5.69 Å². The Morgan fingerprint density at radius 3 is 2.52 bits per heavy atom. The number of likely N-dealkylation sites (N-methyl/N-ethyl adjacent to an activating group) is 1. The molecule has 2 amide bonds. The molecule has 0 aliphatic rings. The highest BCUT2D eigenvalue weighted by Crippen LogP contribution is 2.37. The third-order valence-electron chi connectivity index (χ3n) is 3.84. The van der Waals surface area contributed by atoms with Gasteiger partial charge in [-0.3, -0.25) is 9.59 Å². The minimum absolute atomic E-state index is 0.138. The maximum atomic E-state index is 12.8. The number of rotatable bonds is 9. The summed E-state index contributed by atoms with van der Waals surface area (Å²) in [7, 11) is 1.54. The quantitative estimate of drug-likeness (QED) is 0.604. The molecule has 2 aromatic carbocycles. The normalized spacial score (nSPS) is 10.4. The molecule has 0 atom stereocenters. The molecule has 29 heavy (non-hydrogen) atoms. The van der Waals surface area contributed by atoms with Gasteiger partial charge < -0.3 is 19.7 Å². The van der Waals surface area contributed by atoms with E-state index in [9.17, 15) is 9.59 Å². The minimum atomic E-state index is -0.365. The fourth-order valence-electron chi connectivity index (χ4n) is 2.57. The van der Waals surface area contributed by atoms with E-state index in [2.05, 4.69) is 5.32 Å². The van der Waals surface area contributed by atoms with E-state index in [0.717, 1.165) is 6.42 Å². The number of nitrogens with one attached hydrogen (secondary N) is 1. The molecule has 8 heteroatoms. The average molecular weight is 439 g/mol. The van der Waals surface area contributed by atoms with Crippen LogP contribution in [0.25, 0.3) is 0 Å². The number of benzene rings is 2. The lowest BCUT2D eigenvalue weighted by molar-refractivity contribution is -0.116. The summed E-state index contributed by atoms with van der Waals surface area (Å²) >= 11 is 12.2. The monoisotopic (exact) mass is 438 g/mol. The van der Waals surface area contributed by atoms with E-state index >= 15 is 0 Å². The minimum Gasteiger partial charge on any atom is -0.490 e. The van der Waals surface area contributed by atoms with Gasteiger partial charge in [-0.25, -0.2) is 0 Å². The van der Waals surface area contributed by atoms with Crippen molar-refractivity contribution in [1.82, 2.24) is 4.90 Å². The molecule has 0 saturated carbocycles. The van der Waals surface area contributed by atoms with Crippen molar-refractivity contribution in [2.75, 3.05) is 32.1 Å². The zero-order chi connectivity index (χ0) is 21.4. The smallest absolute Gasteiger partial charge is 0.254 e. The number of nitrogens with zero attached hydrogens (tertiary/aromatic N) is 1. The van der Waals surface area contributed by atoms with Gasteiger partial charge in [-0.2, -0.15) is 0 Å². The molecule has 2 rings (SSSR count). The Morgan fingerprint density at radius 2 is 1.86 bits per heavy atom. The Morgan fingerprint density at radius 1 is 1.10 bits per heavy atom. The number of amides is 2. The van der Waals surface area contributed by atoms with E-state index in [0.29, 0.717) is 41.0 Å². The second-order valence-electron chi connectivity index (χ2n) is 6.29. The number of hydrogen-bond donors (Lipinski definition) is 1. The van der Waals surface area contributed by atoms with Gasteiger partial charge in [0.15, 0.2) is 11.5 Å². The molecule has 0 bridgehead atoms. The largest absolute Gasteiger partial charge is 0.490 e. The summed E-state index contributed by atoms with van der Waals surface area (Å²) in [5, 5.41) is 3.50. The van der Waals surface area contributed by atoms with Crippen molar-refractivity contribution in [3.8, 4) is 11.5 Å². The number of carbonyl (C=O) groups excluding carboxylic acids is 2. The molecular weight excluding hydrogens is 415 g/mol. The lowest BCUT2D eigenvalue weighted by Crippen LogP contribution is -2.35. The van der Waals surface area contributed by atoms with Crippen LogP contribution in [0.1, 0.15) is 30.6 Å². The Bertz CT molecular complexity index is 874. The predicted molar refractivity (Wildman–Crippen MR) is 115 cm³/mol. The maximum absolute atomic E-state index is 12.8. The third kappa shape index (κ3) is 6.54. The highest BCUT2D eigenvalue weighted by molar-refractivity contribution is 6.32. The van der Waals surface area contributed by atoms with E-state index < -0.39 is 0 Å². The van der Waals surface area contributed by atoms with Crippen LogP contribution in [0.3, 0.4) is 0 Å². The van der Waals surface area contributed by atoms with Gasteiger partial charge in [0.25, 0.3) is 5.91 Å². The lowest BCUT2D eigenvalue weighted by atomic mass is 10.1. The van der Waals surface area contributed by atoms with Crippen molar-refractivity contribution < 1.29 is 19.1 Å². The number of anilines is 1. The first kappa shape index (κ1) is 22.8. The molecule has 0 heterocycles. The highest BCUT2D eigenvalue weighted by atomic mass is 35.5. The maximum Gasteiger partial charge on any atom is 0.254 e. The zero-order valence-corrected chi connectivity index (χ0v) is 18.1. The Kier molecular flexibility index (Phi) is 8.61. The second kappa shape index (κ2) is 10.9. The molecule has 2 aromatic rings. The first-order valence-corrected chi connectivity index (χ1v) is 10.0. The summed E-state index contributed by atoms with van der Waals surface area (Å²) < 4.78 is 11.2. The van der Waals surface area contributed by atoms with E-state index in [4.69, 9.17) is 32.7 Å². The van der Waals surface area contributed by atoms with Crippen LogP contribution in [0.5, 0.6) is 11.5 Å². The molecule has 0 aromatic heterocycles. The van der Waals surface area contributed by atoms with E-state index in [1.165, 1.54) is 18.0 Å². The molecule has 6 nitrogen and oxygen atoms in total. The summed E-state index contributed by atoms with van der Waals surface area (Å²) in [4.78, 5) is 26.3. The van der Waals surface area contributed by atoms with Crippen molar-refractivity contribution in [2.45, 2.75) is 20.3 Å². The number of ether oxygens (including phenoxy) is 2. The van der Waals surface area contributed by atoms with Gasteiger partial charge in [0.1, 0.15) is 0 Å². The number of carbonyl (C=O) groups is 2. The molecule has 0 fully saturated rings. The molecule has 0 spiro atoms. The Labute approximate surface area is 180 Å². The summed E-state index contributed by atoms with van der Waals surface area (Å²) in [5.74, 6) is 0.0973. The van der Waals surface area contributed by atoms with Crippen molar-refractivity contribution in [1.29, 1.82) is 0 Å². The van der Waals surface area contributed by atoms with Gasteiger partial charge in [-0.15, -0.1) is 0 Å². The fraction of sp³-hybridized carbons (Fsp3) is 0.333. The average Bonchev–Trinajstić information content (AvgIpc) is 2.66. The van der Waals surface area contributed by atoms with Crippen LogP contribution in [0.2, 0.25) is 10.0 Å². The van der Waals surface area contributed by atoms with E-state index in [1.54, 1.807) is 30.3 Å². The van der Waals surface area contributed by atoms with Gasteiger partial charge in [-0.1, -0.05) is 36.2 Å². The molecule has 1 N–H and O–H groups in total. The van der Waals surface area contributed by atoms with Crippen LogP contribution < -0.4 is 14.8 Å². The Balaban J connectivity index is 2.12. The molecule has 0 saturated heterocycles. The van der Waals surface area contributed by atoms with Gasteiger partial charge in [0.2, 0.25) is 5.91 Å². The molecule has 0 aliphatic carbocycles. The van der Waals surface area contributed by atoms with Crippen molar-refractivity contribution >= 4 is 40.7 Å². The molecule has 156 valence electrons. The van der Waals surface area contributed by atoms with Crippen LogP contribution >= 0.6 is 23.2 Å². The summed E-state index contributed by atoms with van der Waals surface area (Å²) in [6.07, 6.45) is 0.813. The van der Waals surface area contributed by atoms with E-state index in [1.807, 2.05) is 13.8 Å². The standard InChI is InChI=1S/C21H24Cl2N2O4/c1-4-9-29-20-17(23)10-14(11-18(20)28-5-2)21(27)25(3)13-19(26)24-16-8-6-7-15(22)12-16/h6-8,10-12H,4-5,9,13H2,1-3H3,(H,24,26). The van der Waals surface area contributed by atoms with Crippen molar-refractivity contribution in [3.63, 3.8) is 0 Å². The predicted octanol–water partition coefficient (Wildman–Crippen LogP) is 4.89. The molecule has 0 aliphatic heterocycles. The molecule has 0 radical (unpaired) electrons. The fourth-order valence-corrected chi connectivity index (χ4v) is 3.03. The second-order valence-corrected chi connectivity index (χ2v) is 7.13. The lowest BCUT2D eigenvalue weighted by Gasteiger charge is -2.19. The third-order valence-corrected chi connectivity index (χ3v) is 4.36. The van der Waals surface area contributed by atoms with Gasteiger partial charge in [0.05, 0.1) is 24.8 Å². The van der Waals surface area contributed by atoms with Crippen molar-refractivity contribution in [2.24, 2.45) is 0 Å². The first-order chi connectivity index (χ1) is 13.8. The summed E-state index contributed by atoms with van der Waals surface area (Å²) in [5.41, 5.74) is 0.864. The van der Waals surface area contributed by atoms with E-state index in [-0.39, 0.29) is 23.4 Å². The zero-order valence-electron chi connectivity index (χ0n) is 16.6. The first-order valence-electron chi connectivity index (χ1n) is 9.25. The SMILES string of the molecule is CCCOc1c(Cl)cc(C(=O)N(C)CC(=O)Nc2cccc(Cl)c2)cc1OCC. The van der Waals surface area contributed by atoms with Crippen molar-refractivity contribution in [3.05, 3.63) is 52.0 Å². The molecule has 0 unspecified atom stereocenters. The Hall–Kier alpha value is -2.44. The van der Waals surface area contributed by atoms with Crippen LogP contribution in [-0.4, -0.2) is 43.5 Å². The summed E-state index contributed by atoms with van der Waals surface area (Å²) in [6.45, 7) is 4.56. The summed E-state index contributed by atoms with van der Waals surface area (Å²) in [6, 6.07) is 9.88. The molecular formula is C21H24Cl2N2O4.